The molecular formula is C16H16FNO3S. The largest absolute Gasteiger partial charge is 0.336 e. The van der Waals surface area contributed by atoms with Gasteiger partial charge in [0.15, 0.2) is 5.37 Å². The summed E-state index contributed by atoms with van der Waals surface area (Å²) in [6.07, 6.45) is 0. The van der Waals surface area contributed by atoms with Gasteiger partial charge in [0.2, 0.25) is 15.7 Å². The van der Waals surface area contributed by atoms with Crippen LogP contribution in [0.2, 0.25) is 0 Å². The van der Waals surface area contributed by atoms with Crippen molar-refractivity contribution in [2.75, 3.05) is 0 Å². The van der Waals surface area contributed by atoms with Crippen molar-refractivity contribution in [2.45, 2.75) is 24.1 Å². The summed E-state index contributed by atoms with van der Waals surface area (Å²) in [7, 11) is -3.83. The molecule has 0 radical (unpaired) electrons. The molecule has 1 N–H and O–H groups in total. The molecule has 1 amide bonds. The van der Waals surface area contributed by atoms with Crippen LogP contribution in [-0.4, -0.2) is 14.3 Å². The first-order valence-corrected chi connectivity index (χ1v) is 8.18. The van der Waals surface area contributed by atoms with Gasteiger partial charge in [-0.1, -0.05) is 29.8 Å². The van der Waals surface area contributed by atoms with Gasteiger partial charge in [0, 0.05) is 6.92 Å². The number of aryl methyl sites for hydroxylation is 1. The standard InChI is InChI=1S/C16H16FNO3S/c1-11-3-9-15(10-4-11)22(20,21)16(18-12(2)19)13-5-7-14(17)8-6-13/h3-10,16H,1-2H3,(H,18,19)/t16-/m1/s1. The first kappa shape index (κ1) is 16.2. The van der Waals surface area contributed by atoms with E-state index in [-0.39, 0.29) is 4.90 Å². The topological polar surface area (TPSA) is 63.2 Å². The summed E-state index contributed by atoms with van der Waals surface area (Å²) in [5, 5.41) is 1.16. The third-order valence-corrected chi connectivity index (χ3v) is 5.11. The molecule has 6 heteroatoms. The third kappa shape index (κ3) is 3.51. The van der Waals surface area contributed by atoms with E-state index in [9.17, 15) is 17.6 Å². The summed E-state index contributed by atoms with van der Waals surface area (Å²) in [4.78, 5) is 11.5. The zero-order chi connectivity index (χ0) is 16.3. The van der Waals surface area contributed by atoms with Crippen LogP contribution in [0.4, 0.5) is 4.39 Å². The van der Waals surface area contributed by atoms with Crippen LogP contribution >= 0.6 is 0 Å². The Labute approximate surface area is 128 Å². The third-order valence-electron chi connectivity index (χ3n) is 3.17. The van der Waals surface area contributed by atoms with Crippen LogP contribution in [0, 0.1) is 12.7 Å². The second kappa shape index (κ2) is 6.27. The average molecular weight is 321 g/mol. The normalized spacial score (nSPS) is 12.7. The highest BCUT2D eigenvalue weighted by molar-refractivity contribution is 7.91. The Morgan fingerprint density at radius 2 is 1.59 bits per heavy atom. The molecule has 2 aromatic carbocycles. The molecular weight excluding hydrogens is 305 g/mol. The molecule has 0 aliphatic rings. The maximum absolute atomic E-state index is 13.0. The number of benzene rings is 2. The van der Waals surface area contributed by atoms with E-state index in [0.717, 1.165) is 17.7 Å². The van der Waals surface area contributed by atoms with Crippen molar-refractivity contribution in [2.24, 2.45) is 0 Å². The molecule has 116 valence electrons. The molecule has 0 saturated carbocycles. The van der Waals surface area contributed by atoms with Crippen LogP contribution in [0.3, 0.4) is 0 Å². The molecule has 1 atom stereocenters. The van der Waals surface area contributed by atoms with Gasteiger partial charge >= 0.3 is 0 Å². The van der Waals surface area contributed by atoms with E-state index in [0.29, 0.717) is 5.56 Å². The van der Waals surface area contributed by atoms with Gasteiger partial charge in [-0.05, 0) is 36.8 Å². The van der Waals surface area contributed by atoms with Gasteiger partial charge in [0.25, 0.3) is 0 Å². The van der Waals surface area contributed by atoms with Crippen LogP contribution in [0.15, 0.2) is 53.4 Å². The minimum Gasteiger partial charge on any atom is -0.336 e. The van der Waals surface area contributed by atoms with Crippen LogP contribution in [0.1, 0.15) is 23.4 Å². The molecule has 0 unspecified atom stereocenters. The molecule has 4 nitrogen and oxygen atoms in total. The summed E-state index contributed by atoms with van der Waals surface area (Å²) >= 11 is 0. The summed E-state index contributed by atoms with van der Waals surface area (Å²) in [5.41, 5.74) is 1.23. The summed E-state index contributed by atoms with van der Waals surface area (Å²) < 4.78 is 38.6. The quantitative estimate of drug-likeness (QED) is 0.942. The molecule has 0 aliphatic heterocycles. The van der Waals surface area contributed by atoms with Crippen molar-refractivity contribution in [3.8, 4) is 0 Å². The van der Waals surface area contributed by atoms with Gasteiger partial charge in [0.1, 0.15) is 5.82 Å². The Morgan fingerprint density at radius 1 is 1.05 bits per heavy atom. The van der Waals surface area contributed by atoms with Crippen LogP contribution < -0.4 is 5.32 Å². The molecule has 2 rings (SSSR count). The van der Waals surface area contributed by atoms with E-state index in [2.05, 4.69) is 5.32 Å². The minimum absolute atomic E-state index is 0.0983. The van der Waals surface area contributed by atoms with Crippen molar-refractivity contribution < 1.29 is 17.6 Å². The zero-order valence-electron chi connectivity index (χ0n) is 12.2. The number of hydrogen-bond acceptors (Lipinski definition) is 3. The molecule has 0 saturated heterocycles. The van der Waals surface area contributed by atoms with Crippen LogP contribution in [-0.2, 0) is 14.6 Å². The van der Waals surface area contributed by atoms with Crippen molar-refractivity contribution in [3.05, 3.63) is 65.5 Å². The van der Waals surface area contributed by atoms with E-state index in [4.69, 9.17) is 0 Å². The Hall–Kier alpha value is -2.21. The Morgan fingerprint density at radius 3 is 2.09 bits per heavy atom. The maximum atomic E-state index is 13.0. The average Bonchev–Trinajstić information content (AvgIpc) is 2.46. The highest BCUT2D eigenvalue weighted by atomic mass is 32.2. The summed E-state index contributed by atoms with van der Waals surface area (Å²) in [6, 6.07) is 11.4. The predicted molar refractivity (Wildman–Crippen MR) is 81.3 cm³/mol. The number of halogens is 1. The number of amides is 1. The fourth-order valence-corrected chi connectivity index (χ4v) is 3.65. The second-order valence-corrected chi connectivity index (χ2v) is 7.02. The SMILES string of the molecule is CC(=O)N[C@@H](c1ccc(F)cc1)S(=O)(=O)c1ccc(C)cc1. The lowest BCUT2D eigenvalue weighted by molar-refractivity contribution is -0.119. The Bertz CT molecular complexity index is 768. The highest BCUT2D eigenvalue weighted by Gasteiger charge is 2.29. The number of hydrogen-bond donors (Lipinski definition) is 1. The van der Waals surface area contributed by atoms with E-state index < -0.39 is 26.9 Å². The second-order valence-electron chi connectivity index (χ2n) is 4.99. The number of nitrogens with one attached hydrogen (secondary N) is 1. The van der Waals surface area contributed by atoms with Gasteiger partial charge in [0.05, 0.1) is 4.90 Å². The van der Waals surface area contributed by atoms with E-state index >= 15 is 0 Å². The molecule has 0 spiro atoms. The van der Waals surface area contributed by atoms with Gasteiger partial charge in [-0.25, -0.2) is 12.8 Å². The fourth-order valence-electron chi connectivity index (χ4n) is 2.03. The Kier molecular flexibility index (Phi) is 4.61. The fraction of sp³-hybridized carbons (Fsp3) is 0.188. The summed E-state index contributed by atoms with van der Waals surface area (Å²) in [6.45, 7) is 3.09. The molecule has 2 aromatic rings. The van der Waals surface area contributed by atoms with Crippen molar-refractivity contribution in [1.29, 1.82) is 0 Å². The highest BCUT2D eigenvalue weighted by Crippen LogP contribution is 2.27. The molecule has 22 heavy (non-hydrogen) atoms. The van der Waals surface area contributed by atoms with Crippen LogP contribution in [0.25, 0.3) is 0 Å². The monoisotopic (exact) mass is 321 g/mol. The number of rotatable bonds is 4. The maximum Gasteiger partial charge on any atom is 0.218 e. The minimum atomic E-state index is -3.83. The smallest absolute Gasteiger partial charge is 0.218 e. The lowest BCUT2D eigenvalue weighted by atomic mass is 10.2. The molecule has 0 aromatic heterocycles. The number of carbonyl (C=O) groups is 1. The molecule has 0 aliphatic carbocycles. The van der Waals surface area contributed by atoms with E-state index in [1.54, 1.807) is 12.1 Å². The summed E-state index contributed by atoms with van der Waals surface area (Å²) in [5.74, 6) is -0.955. The van der Waals surface area contributed by atoms with Crippen molar-refractivity contribution >= 4 is 15.7 Å². The van der Waals surface area contributed by atoms with Gasteiger partial charge in [-0.3, -0.25) is 4.79 Å². The van der Waals surface area contributed by atoms with Crippen LogP contribution in [0.5, 0.6) is 0 Å². The zero-order valence-corrected chi connectivity index (χ0v) is 13.0. The molecule has 0 fully saturated rings. The Balaban J connectivity index is 2.50. The van der Waals surface area contributed by atoms with E-state index in [1.807, 2.05) is 6.92 Å². The van der Waals surface area contributed by atoms with Gasteiger partial charge < -0.3 is 5.32 Å². The van der Waals surface area contributed by atoms with E-state index in [1.165, 1.54) is 31.2 Å². The first-order chi connectivity index (χ1) is 10.3. The van der Waals surface area contributed by atoms with Gasteiger partial charge in [-0.15, -0.1) is 0 Å². The van der Waals surface area contributed by atoms with Crippen molar-refractivity contribution in [3.63, 3.8) is 0 Å². The first-order valence-electron chi connectivity index (χ1n) is 6.64. The number of sulfone groups is 1. The number of carbonyl (C=O) groups excluding carboxylic acids is 1. The van der Waals surface area contributed by atoms with Gasteiger partial charge in [-0.2, -0.15) is 0 Å². The van der Waals surface area contributed by atoms with Crippen molar-refractivity contribution in [1.82, 2.24) is 5.32 Å². The predicted octanol–water partition coefficient (Wildman–Crippen LogP) is 2.74. The molecule has 0 heterocycles. The molecule has 0 bridgehead atoms. The lowest BCUT2D eigenvalue weighted by Gasteiger charge is -2.19. The lowest BCUT2D eigenvalue weighted by Crippen LogP contribution is -2.32.